The first-order valence-corrected chi connectivity index (χ1v) is 6.70. The maximum absolute atomic E-state index is 12.5. The zero-order valence-corrected chi connectivity index (χ0v) is 11.0. The number of pyridine rings is 1. The number of carbonyl (C=O) groups is 2. The van der Waals surface area contributed by atoms with Gasteiger partial charge in [-0.25, -0.2) is 4.98 Å². The molecule has 0 unspecified atom stereocenters. The van der Waals surface area contributed by atoms with Gasteiger partial charge in [-0.15, -0.1) is 0 Å². The van der Waals surface area contributed by atoms with Crippen LogP contribution in [0.1, 0.15) is 45.8 Å². The molecule has 19 heavy (non-hydrogen) atoms. The Morgan fingerprint density at radius 3 is 2.58 bits per heavy atom. The highest BCUT2D eigenvalue weighted by atomic mass is 16.1. The van der Waals surface area contributed by atoms with Crippen LogP contribution in [0.2, 0.25) is 0 Å². The second kappa shape index (κ2) is 4.61. The summed E-state index contributed by atoms with van der Waals surface area (Å²) in [5, 5.41) is 0. The molecule has 0 bridgehead atoms. The van der Waals surface area contributed by atoms with Crippen LogP contribution in [-0.2, 0) is 0 Å². The highest BCUT2D eigenvalue weighted by Crippen LogP contribution is 2.24. The molecule has 2 heterocycles. The van der Waals surface area contributed by atoms with E-state index in [1.165, 1.54) is 12.5 Å². The van der Waals surface area contributed by atoms with Crippen molar-refractivity contribution in [2.75, 3.05) is 13.1 Å². The molecule has 98 valence electrons. The van der Waals surface area contributed by atoms with Crippen LogP contribution in [0.4, 0.5) is 0 Å². The lowest BCUT2D eigenvalue weighted by Crippen LogP contribution is -2.35. The van der Waals surface area contributed by atoms with E-state index in [4.69, 9.17) is 0 Å². The highest BCUT2D eigenvalue weighted by molar-refractivity contribution is 6.23. The van der Waals surface area contributed by atoms with Crippen LogP contribution in [0, 0.1) is 6.92 Å². The Bertz CT molecular complexity index is 584. The Balaban J connectivity index is 1.99. The first-order chi connectivity index (χ1) is 9.16. The van der Waals surface area contributed by atoms with Gasteiger partial charge in [0, 0.05) is 24.9 Å². The van der Waals surface area contributed by atoms with E-state index in [0.29, 0.717) is 17.0 Å². The molecule has 2 aliphatic rings. The average molecular weight is 256 g/mol. The molecule has 1 saturated heterocycles. The van der Waals surface area contributed by atoms with E-state index in [-0.39, 0.29) is 11.6 Å². The van der Waals surface area contributed by atoms with Crippen LogP contribution in [0.25, 0.3) is 0 Å². The first-order valence-electron chi connectivity index (χ1n) is 6.70. The number of aryl methyl sites for hydroxylation is 1. The van der Waals surface area contributed by atoms with Gasteiger partial charge < -0.3 is 4.90 Å². The van der Waals surface area contributed by atoms with Crippen LogP contribution >= 0.6 is 0 Å². The topological polar surface area (TPSA) is 50.3 Å². The second-order valence-corrected chi connectivity index (χ2v) is 5.12. The van der Waals surface area contributed by atoms with Crippen molar-refractivity contribution >= 4 is 11.6 Å². The molecule has 0 atom stereocenters. The number of fused-ring (bicyclic) bond motifs is 1. The monoisotopic (exact) mass is 256 g/mol. The second-order valence-electron chi connectivity index (χ2n) is 5.12. The molecule has 1 aliphatic heterocycles. The molecule has 3 rings (SSSR count). The van der Waals surface area contributed by atoms with Gasteiger partial charge in [0.2, 0.25) is 11.6 Å². The first kappa shape index (κ1) is 12.1. The predicted molar refractivity (Wildman–Crippen MR) is 71.1 cm³/mol. The standard InChI is InChI=1S/C15H16N2O2/c1-10-5-6-11-14(16-10)13(18)9-12(15(11)19)17-7-3-2-4-8-17/h5-6,9H,2-4,7-8H2,1H3. The van der Waals surface area contributed by atoms with Gasteiger partial charge in [-0.2, -0.15) is 0 Å². The molecule has 1 aromatic rings. The van der Waals surface area contributed by atoms with E-state index in [9.17, 15) is 9.59 Å². The highest BCUT2D eigenvalue weighted by Gasteiger charge is 2.30. The smallest absolute Gasteiger partial charge is 0.211 e. The summed E-state index contributed by atoms with van der Waals surface area (Å²) < 4.78 is 0. The molecule has 4 heteroatoms. The number of hydrogen-bond acceptors (Lipinski definition) is 4. The summed E-state index contributed by atoms with van der Waals surface area (Å²) in [6, 6.07) is 3.50. The SMILES string of the molecule is Cc1ccc2c(n1)C(=O)C=C(N1CCCCC1)C2=O. The molecule has 0 N–H and O–H groups in total. The lowest BCUT2D eigenvalue weighted by Gasteiger charge is -2.31. The molecule has 1 aromatic heterocycles. The minimum atomic E-state index is -0.154. The third-order valence-electron chi connectivity index (χ3n) is 3.71. The maximum atomic E-state index is 12.5. The van der Waals surface area contributed by atoms with E-state index in [1.54, 1.807) is 12.1 Å². The molecule has 1 aliphatic carbocycles. The number of ketones is 2. The molecule has 0 amide bonds. The fourth-order valence-electron chi connectivity index (χ4n) is 2.69. The fourth-order valence-corrected chi connectivity index (χ4v) is 2.69. The molecule has 1 fully saturated rings. The minimum Gasteiger partial charge on any atom is -0.368 e. The van der Waals surface area contributed by atoms with Gasteiger partial charge in [0.25, 0.3) is 0 Å². The molecule has 0 spiro atoms. The molecule has 0 saturated carbocycles. The molecular formula is C15H16N2O2. The molecule has 0 aromatic carbocycles. The van der Waals surface area contributed by atoms with E-state index in [0.717, 1.165) is 31.6 Å². The number of allylic oxidation sites excluding steroid dienone is 2. The predicted octanol–water partition coefficient (Wildman–Crippen LogP) is 2.14. The molecule has 4 nitrogen and oxygen atoms in total. The third kappa shape index (κ3) is 2.07. The van der Waals surface area contributed by atoms with E-state index in [2.05, 4.69) is 4.98 Å². The van der Waals surface area contributed by atoms with Crippen molar-refractivity contribution in [3.05, 3.63) is 40.9 Å². The summed E-state index contributed by atoms with van der Waals surface area (Å²) in [5.41, 5.74) is 2.04. The summed E-state index contributed by atoms with van der Waals surface area (Å²) in [5.74, 6) is -0.220. The number of likely N-dealkylation sites (tertiary alicyclic amines) is 1. The van der Waals surface area contributed by atoms with Crippen molar-refractivity contribution in [2.24, 2.45) is 0 Å². The fraction of sp³-hybridized carbons (Fsp3) is 0.400. The van der Waals surface area contributed by atoms with E-state index < -0.39 is 0 Å². The lowest BCUT2D eigenvalue weighted by atomic mass is 9.95. The van der Waals surface area contributed by atoms with Crippen molar-refractivity contribution < 1.29 is 9.59 Å². The number of hydrogen-bond donors (Lipinski definition) is 0. The van der Waals surface area contributed by atoms with Crippen LogP contribution < -0.4 is 0 Å². The van der Waals surface area contributed by atoms with Gasteiger partial charge in [-0.3, -0.25) is 9.59 Å². The van der Waals surface area contributed by atoms with Crippen LogP contribution in [0.3, 0.4) is 0 Å². The van der Waals surface area contributed by atoms with Crippen molar-refractivity contribution in [3.8, 4) is 0 Å². The minimum absolute atomic E-state index is 0.0657. The van der Waals surface area contributed by atoms with Crippen molar-refractivity contribution in [1.29, 1.82) is 0 Å². The molecule has 0 radical (unpaired) electrons. The maximum Gasteiger partial charge on any atom is 0.211 e. The summed E-state index contributed by atoms with van der Waals surface area (Å²) in [4.78, 5) is 30.8. The zero-order chi connectivity index (χ0) is 13.4. The quantitative estimate of drug-likeness (QED) is 0.772. The van der Waals surface area contributed by atoms with Crippen LogP contribution in [0.15, 0.2) is 23.9 Å². The number of Topliss-reactive ketones (excluding diaryl/α,β-unsaturated/α-hetero) is 1. The largest absolute Gasteiger partial charge is 0.368 e. The zero-order valence-electron chi connectivity index (χ0n) is 11.0. The van der Waals surface area contributed by atoms with Crippen LogP contribution in [0.5, 0.6) is 0 Å². The van der Waals surface area contributed by atoms with E-state index in [1.807, 2.05) is 11.8 Å². The lowest BCUT2D eigenvalue weighted by molar-refractivity contribution is 0.0941. The molecular weight excluding hydrogens is 240 g/mol. The van der Waals surface area contributed by atoms with Gasteiger partial charge in [0.15, 0.2) is 0 Å². The summed E-state index contributed by atoms with van der Waals surface area (Å²) in [6.45, 7) is 3.54. The Kier molecular flexibility index (Phi) is 2.93. The van der Waals surface area contributed by atoms with Gasteiger partial charge in [-0.1, -0.05) is 0 Å². The number of piperidine rings is 1. The van der Waals surface area contributed by atoms with E-state index >= 15 is 0 Å². The average Bonchev–Trinajstić information content (AvgIpc) is 2.43. The van der Waals surface area contributed by atoms with Gasteiger partial charge in [-0.05, 0) is 38.3 Å². The Labute approximate surface area is 112 Å². The van der Waals surface area contributed by atoms with Gasteiger partial charge in [0.1, 0.15) is 5.69 Å². The van der Waals surface area contributed by atoms with Crippen LogP contribution in [-0.4, -0.2) is 34.5 Å². The Morgan fingerprint density at radius 2 is 1.84 bits per heavy atom. The Hall–Kier alpha value is -1.97. The summed E-state index contributed by atoms with van der Waals surface area (Å²) >= 11 is 0. The number of nitrogens with zero attached hydrogens (tertiary/aromatic N) is 2. The van der Waals surface area contributed by atoms with Crippen molar-refractivity contribution in [1.82, 2.24) is 9.88 Å². The number of carbonyl (C=O) groups excluding carboxylic acids is 2. The Morgan fingerprint density at radius 1 is 1.11 bits per heavy atom. The van der Waals surface area contributed by atoms with Crippen molar-refractivity contribution in [2.45, 2.75) is 26.2 Å². The third-order valence-corrected chi connectivity index (χ3v) is 3.71. The summed E-state index contributed by atoms with van der Waals surface area (Å²) in [6.07, 6.45) is 4.82. The normalized spacial score (nSPS) is 19.2. The van der Waals surface area contributed by atoms with Gasteiger partial charge >= 0.3 is 0 Å². The summed E-state index contributed by atoms with van der Waals surface area (Å²) in [7, 11) is 0. The number of rotatable bonds is 1. The number of aromatic nitrogens is 1. The van der Waals surface area contributed by atoms with Gasteiger partial charge in [0.05, 0.1) is 11.3 Å². The van der Waals surface area contributed by atoms with Crippen molar-refractivity contribution in [3.63, 3.8) is 0 Å².